The summed E-state index contributed by atoms with van der Waals surface area (Å²) < 4.78 is 1.63. The van der Waals surface area contributed by atoms with Crippen molar-refractivity contribution in [1.29, 1.82) is 0 Å². The molecule has 0 fully saturated rings. The molecule has 6 heteroatoms. The summed E-state index contributed by atoms with van der Waals surface area (Å²) in [4.78, 5) is 8.42. The van der Waals surface area contributed by atoms with Crippen molar-refractivity contribution >= 4 is 16.9 Å². The van der Waals surface area contributed by atoms with Crippen molar-refractivity contribution in [2.75, 3.05) is 5.73 Å². The van der Waals surface area contributed by atoms with E-state index in [0.29, 0.717) is 18.0 Å². The molecule has 3 rings (SSSR count). The Balaban J connectivity index is 2.11. The van der Waals surface area contributed by atoms with Gasteiger partial charge < -0.3 is 10.8 Å². The molecule has 0 radical (unpaired) electrons. The Morgan fingerprint density at radius 1 is 1.30 bits per heavy atom. The van der Waals surface area contributed by atoms with Crippen LogP contribution < -0.4 is 5.73 Å². The van der Waals surface area contributed by atoms with Crippen molar-refractivity contribution in [3.63, 3.8) is 0 Å². The Labute approximate surface area is 115 Å². The van der Waals surface area contributed by atoms with Crippen LogP contribution in [0.2, 0.25) is 0 Å². The smallest absolute Gasteiger partial charge is 0.160 e. The molecule has 6 nitrogen and oxygen atoms in total. The lowest BCUT2D eigenvalue weighted by atomic mass is 10.1. The van der Waals surface area contributed by atoms with E-state index in [1.54, 1.807) is 30.2 Å². The zero-order valence-corrected chi connectivity index (χ0v) is 11.1. The molecule has 0 aliphatic rings. The van der Waals surface area contributed by atoms with Gasteiger partial charge in [-0.2, -0.15) is 5.10 Å². The van der Waals surface area contributed by atoms with Crippen LogP contribution in [0.25, 0.3) is 22.2 Å². The van der Waals surface area contributed by atoms with Crippen LogP contribution in [-0.2, 0) is 6.54 Å². The first-order valence-electron chi connectivity index (χ1n) is 6.35. The second kappa shape index (κ2) is 4.90. The van der Waals surface area contributed by atoms with Crippen molar-refractivity contribution in [2.24, 2.45) is 0 Å². The van der Waals surface area contributed by atoms with Crippen molar-refractivity contribution in [2.45, 2.75) is 19.6 Å². The quantitative estimate of drug-likeness (QED) is 0.751. The summed E-state index contributed by atoms with van der Waals surface area (Å²) in [5.74, 6) is 0.420. The topological polar surface area (TPSA) is 89.8 Å². The molecule has 3 N–H and O–H groups in total. The fourth-order valence-corrected chi connectivity index (χ4v) is 2.16. The summed E-state index contributed by atoms with van der Waals surface area (Å²) in [5.41, 5.74) is 8.60. The first kappa shape index (κ1) is 12.6. The first-order chi connectivity index (χ1) is 9.65. The fourth-order valence-electron chi connectivity index (χ4n) is 2.16. The Kier molecular flexibility index (Phi) is 3.08. The number of aliphatic hydroxyl groups is 1. The van der Waals surface area contributed by atoms with Crippen molar-refractivity contribution in [3.05, 3.63) is 36.8 Å². The lowest BCUT2D eigenvalue weighted by Crippen LogP contribution is -2.13. The van der Waals surface area contributed by atoms with E-state index in [0.717, 1.165) is 16.5 Å². The number of hydrogen-bond donors (Lipinski definition) is 2. The minimum absolute atomic E-state index is 0.370. The van der Waals surface area contributed by atoms with Crippen LogP contribution in [0.15, 0.2) is 36.8 Å². The van der Waals surface area contributed by atoms with Gasteiger partial charge in [-0.05, 0) is 30.7 Å². The molecule has 3 heterocycles. The van der Waals surface area contributed by atoms with Gasteiger partial charge in [-0.1, -0.05) is 0 Å². The molecule has 0 amide bonds. The fraction of sp³-hybridized carbons (Fsp3) is 0.214. The minimum atomic E-state index is -0.501. The molecule has 0 aliphatic heterocycles. The number of nitrogens with zero attached hydrogens (tertiary/aromatic N) is 4. The Morgan fingerprint density at radius 3 is 2.75 bits per heavy atom. The zero-order chi connectivity index (χ0) is 14.1. The number of hydrogen-bond acceptors (Lipinski definition) is 5. The van der Waals surface area contributed by atoms with E-state index >= 15 is 0 Å². The van der Waals surface area contributed by atoms with Crippen LogP contribution in [0.5, 0.6) is 0 Å². The third-order valence-corrected chi connectivity index (χ3v) is 3.07. The van der Waals surface area contributed by atoms with Gasteiger partial charge >= 0.3 is 0 Å². The molecule has 20 heavy (non-hydrogen) atoms. The first-order valence-corrected chi connectivity index (χ1v) is 6.35. The number of nitrogens with two attached hydrogens (primary N) is 1. The molecule has 1 unspecified atom stereocenters. The highest BCUT2D eigenvalue weighted by Gasteiger charge is 2.12. The predicted molar refractivity (Wildman–Crippen MR) is 76.9 cm³/mol. The maximum Gasteiger partial charge on any atom is 0.160 e. The van der Waals surface area contributed by atoms with E-state index in [9.17, 15) is 5.11 Å². The molecule has 0 saturated carbocycles. The van der Waals surface area contributed by atoms with Gasteiger partial charge in [-0.3, -0.25) is 4.98 Å². The molecular weight excluding hydrogens is 254 g/mol. The van der Waals surface area contributed by atoms with Gasteiger partial charge in [0.15, 0.2) is 11.5 Å². The van der Waals surface area contributed by atoms with Gasteiger partial charge in [-0.25, -0.2) is 9.67 Å². The van der Waals surface area contributed by atoms with Crippen LogP contribution in [0.4, 0.5) is 5.82 Å². The molecule has 1 atom stereocenters. The summed E-state index contributed by atoms with van der Waals surface area (Å²) in [6.45, 7) is 2.07. The summed E-state index contributed by atoms with van der Waals surface area (Å²) in [5, 5.41) is 14.5. The van der Waals surface area contributed by atoms with Crippen LogP contribution in [0, 0.1) is 0 Å². The van der Waals surface area contributed by atoms with Crippen LogP contribution in [0.1, 0.15) is 6.92 Å². The maximum absolute atomic E-state index is 9.47. The largest absolute Gasteiger partial charge is 0.391 e. The molecule has 102 valence electrons. The van der Waals surface area contributed by atoms with Crippen molar-refractivity contribution in [1.82, 2.24) is 19.7 Å². The highest BCUT2D eigenvalue weighted by molar-refractivity contribution is 5.89. The number of rotatable bonds is 3. The average molecular weight is 269 g/mol. The summed E-state index contributed by atoms with van der Waals surface area (Å²) in [7, 11) is 0. The van der Waals surface area contributed by atoms with E-state index in [1.807, 2.05) is 18.2 Å². The van der Waals surface area contributed by atoms with E-state index in [4.69, 9.17) is 5.73 Å². The third-order valence-electron chi connectivity index (χ3n) is 3.07. The molecule has 0 aliphatic carbocycles. The molecule has 0 aromatic carbocycles. The number of aromatic nitrogens is 4. The normalized spacial score (nSPS) is 12.7. The molecule has 0 bridgehead atoms. The number of aliphatic hydroxyl groups excluding tert-OH is 1. The van der Waals surface area contributed by atoms with Gasteiger partial charge in [0.05, 0.1) is 18.0 Å². The summed E-state index contributed by atoms with van der Waals surface area (Å²) >= 11 is 0. The van der Waals surface area contributed by atoms with E-state index in [1.165, 1.54) is 0 Å². The third kappa shape index (κ3) is 2.21. The number of anilines is 1. The number of pyridine rings is 2. The van der Waals surface area contributed by atoms with Gasteiger partial charge in [0.2, 0.25) is 0 Å². The van der Waals surface area contributed by atoms with Gasteiger partial charge in [0.25, 0.3) is 0 Å². The Morgan fingerprint density at radius 2 is 2.05 bits per heavy atom. The Bertz CT molecular complexity index is 736. The van der Waals surface area contributed by atoms with Crippen molar-refractivity contribution < 1.29 is 5.11 Å². The van der Waals surface area contributed by atoms with Gasteiger partial charge in [0, 0.05) is 24.2 Å². The second-order valence-electron chi connectivity index (χ2n) is 4.75. The standard InChI is InChI=1S/C14H15N5O/c1-9(20)8-19-14-12(13(15)18-19)6-11(7-17-14)10-2-4-16-5-3-10/h2-7,9,20H,8H2,1H3,(H2,15,18). The predicted octanol–water partition coefficient (Wildman–Crippen LogP) is 1.46. The van der Waals surface area contributed by atoms with E-state index < -0.39 is 6.10 Å². The van der Waals surface area contributed by atoms with Gasteiger partial charge in [-0.15, -0.1) is 0 Å². The van der Waals surface area contributed by atoms with E-state index in [-0.39, 0.29) is 0 Å². The van der Waals surface area contributed by atoms with Gasteiger partial charge in [0.1, 0.15) is 0 Å². The molecule has 3 aromatic heterocycles. The molecular formula is C14H15N5O. The number of fused-ring (bicyclic) bond motifs is 1. The van der Waals surface area contributed by atoms with Crippen molar-refractivity contribution in [3.8, 4) is 11.1 Å². The number of nitrogen functional groups attached to an aromatic ring is 1. The molecule has 0 saturated heterocycles. The molecule has 3 aromatic rings. The SMILES string of the molecule is CC(O)Cn1nc(N)c2cc(-c3ccncc3)cnc21. The highest BCUT2D eigenvalue weighted by atomic mass is 16.3. The van der Waals surface area contributed by atoms with Crippen LogP contribution in [-0.4, -0.2) is 31.0 Å². The van der Waals surface area contributed by atoms with Crippen LogP contribution in [0.3, 0.4) is 0 Å². The Hall–Kier alpha value is -2.47. The minimum Gasteiger partial charge on any atom is -0.391 e. The lowest BCUT2D eigenvalue weighted by molar-refractivity contribution is 0.170. The average Bonchev–Trinajstić information content (AvgIpc) is 2.75. The summed E-state index contributed by atoms with van der Waals surface area (Å²) in [6.07, 6.45) is 4.75. The van der Waals surface area contributed by atoms with E-state index in [2.05, 4.69) is 15.1 Å². The molecule has 0 spiro atoms. The van der Waals surface area contributed by atoms with Crippen LogP contribution >= 0.6 is 0 Å². The zero-order valence-electron chi connectivity index (χ0n) is 11.1. The monoisotopic (exact) mass is 269 g/mol. The highest BCUT2D eigenvalue weighted by Crippen LogP contribution is 2.25. The lowest BCUT2D eigenvalue weighted by Gasteiger charge is -2.05. The second-order valence-corrected chi connectivity index (χ2v) is 4.75. The maximum atomic E-state index is 9.47. The summed E-state index contributed by atoms with van der Waals surface area (Å²) in [6, 6.07) is 5.79.